The molecular weight excluding hydrogens is 351 g/mol. The first kappa shape index (κ1) is 36.3. The number of hydrogen-bond donors (Lipinski definition) is 0. The Morgan fingerprint density at radius 3 is 0.533 bits per heavy atom. The van der Waals surface area contributed by atoms with E-state index in [4.69, 9.17) is 42.2 Å². The van der Waals surface area contributed by atoms with Crippen molar-refractivity contribution in [3.8, 4) is 0 Å². The second-order valence-electron chi connectivity index (χ2n) is 0.750. The van der Waals surface area contributed by atoms with E-state index >= 15 is 0 Å². The Bertz CT molecular complexity index is 121. The van der Waals surface area contributed by atoms with E-state index in [0.717, 1.165) is 0 Å². The van der Waals surface area contributed by atoms with E-state index in [9.17, 15) is 0 Å². The fourth-order valence-electron chi connectivity index (χ4n) is 0. The van der Waals surface area contributed by atoms with E-state index in [0.29, 0.717) is 0 Å². The van der Waals surface area contributed by atoms with Crippen LogP contribution in [0.2, 0.25) is 0 Å². The van der Waals surface area contributed by atoms with E-state index in [-0.39, 0.29) is 42.6 Å². The van der Waals surface area contributed by atoms with Crippen LogP contribution in [0.25, 0.3) is 0 Å². The van der Waals surface area contributed by atoms with Crippen LogP contribution in [-0.4, -0.2) is 35.9 Å². The fraction of sp³-hybridized carbons (Fsp3) is 0. The van der Waals surface area contributed by atoms with Gasteiger partial charge in [0.1, 0.15) is 0 Å². The first-order valence-electron chi connectivity index (χ1n) is 1.84. The van der Waals surface area contributed by atoms with Gasteiger partial charge in [0.05, 0.1) is 8.41 Å². The van der Waals surface area contributed by atoms with Crippen LogP contribution in [0.1, 0.15) is 0 Å². The Morgan fingerprint density at radius 1 is 0.533 bits per heavy atom. The molecule has 0 N–H and O–H groups in total. The number of hydrogen-bond acceptors (Lipinski definition) is 9. The Balaban J connectivity index is -0.0000000184. The van der Waals surface area contributed by atoms with Gasteiger partial charge in [0, 0.05) is 27.5 Å². The summed E-state index contributed by atoms with van der Waals surface area (Å²) in [5.41, 5.74) is 0. The van der Waals surface area contributed by atoms with Gasteiger partial charge in [-0.2, -0.15) is 0 Å². The molecule has 15 heavy (non-hydrogen) atoms. The molecule has 0 rings (SSSR count). The normalized spacial score (nSPS) is 4.80. The number of rotatable bonds is 0. The summed E-state index contributed by atoms with van der Waals surface area (Å²) >= 11 is 0. The smallest absolute Gasteiger partial charge is 0.672 e. The van der Waals surface area contributed by atoms with Crippen molar-refractivity contribution in [1.29, 1.82) is 0 Å². The zero-order valence-corrected chi connectivity index (χ0v) is 11.1. The standard InChI is InChI=1S/BH3.2Fe.3O3Si/c;;;3*1-4(2)3/h1H3;;;;;/q;2*+3;3*-2. The molecule has 9 nitrogen and oxygen atoms in total. The van der Waals surface area contributed by atoms with Gasteiger partial charge in [-0.05, 0) is 0 Å². The van der Waals surface area contributed by atoms with Crippen molar-refractivity contribution < 1.29 is 76.3 Å². The van der Waals surface area contributed by atoms with Crippen LogP contribution in [0.5, 0.6) is 0 Å². The summed E-state index contributed by atoms with van der Waals surface area (Å²) < 4.78 is 25.6. The van der Waals surface area contributed by atoms with Gasteiger partial charge in [-0.1, -0.05) is 0 Å². The maximum absolute atomic E-state index is 8.52. The van der Waals surface area contributed by atoms with Gasteiger partial charge in [0.25, 0.3) is 0 Å². The van der Waals surface area contributed by atoms with Crippen molar-refractivity contribution in [3.05, 3.63) is 0 Å². The van der Waals surface area contributed by atoms with Crippen LogP contribution in [-0.2, 0) is 47.5 Å². The van der Waals surface area contributed by atoms with E-state index in [2.05, 4.69) is 0 Å². The summed E-state index contributed by atoms with van der Waals surface area (Å²) in [5, 5.41) is 0. The maximum atomic E-state index is 8.52. The van der Waals surface area contributed by atoms with E-state index in [1.54, 1.807) is 0 Å². The Morgan fingerprint density at radius 2 is 0.533 bits per heavy atom. The van der Waals surface area contributed by atoms with Crippen LogP contribution in [0.3, 0.4) is 0 Å². The third kappa shape index (κ3) is 965000. The quantitative estimate of drug-likeness (QED) is 0.380. The van der Waals surface area contributed by atoms with Gasteiger partial charge in [-0.25, -0.2) is 0 Å². The minimum absolute atomic E-state index is 0. The SMILES string of the molecule is B.O=[Si]([O-])[O-].O=[Si]([O-])[O-].O=[Si]([O-])[O-].[Fe+3].[Fe+3]. The minimum Gasteiger partial charge on any atom is -0.672 e. The zero-order chi connectivity index (χ0) is 10.7. The molecule has 2 radical (unpaired) electrons. The molecule has 0 spiro atoms. The first-order valence-corrected chi connectivity index (χ1v) is 5.51. The van der Waals surface area contributed by atoms with E-state index < -0.39 is 27.5 Å². The Kier molecular flexibility index (Phi) is 70.7. The van der Waals surface area contributed by atoms with Crippen molar-refractivity contribution >= 4 is 35.9 Å². The molecule has 0 heterocycles. The predicted octanol–water partition coefficient (Wildman–Crippen LogP) is -9.82. The van der Waals surface area contributed by atoms with Crippen LogP contribution in [0.4, 0.5) is 0 Å². The topological polar surface area (TPSA) is 190 Å². The molecule has 0 fully saturated rings. The molecule has 0 aliphatic carbocycles. The maximum Gasteiger partial charge on any atom is 3.00 e. The van der Waals surface area contributed by atoms with Crippen molar-refractivity contribution in [2.45, 2.75) is 0 Å². The molecule has 88 valence electrons. The Labute approximate surface area is 112 Å². The molecule has 0 bridgehead atoms. The molecule has 0 atom stereocenters. The molecule has 0 aliphatic heterocycles. The van der Waals surface area contributed by atoms with Gasteiger partial charge >= 0.3 is 34.1 Å². The summed E-state index contributed by atoms with van der Waals surface area (Å²) in [4.78, 5) is 51.1. The van der Waals surface area contributed by atoms with Crippen molar-refractivity contribution in [2.75, 3.05) is 0 Å². The molecule has 0 aromatic rings. The molecule has 0 unspecified atom stereocenters. The zero-order valence-electron chi connectivity index (χ0n) is 5.88. The third-order valence-electron chi connectivity index (χ3n) is 0. The Hall–Kier alpha value is -0.0455. The summed E-state index contributed by atoms with van der Waals surface area (Å²) in [6, 6.07) is 0. The molecule has 0 saturated heterocycles. The average Bonchev–Trinajstić information content (AvgIpc) is 1.54. The summed E-state index contributed by atoms with van der Waals surface area (Å²) in [5.74, 6) is 0. The second kappa shape index (κ2) is 29.2. The van der Waals surface area contributed by atoms with Gasteiger partial charge in [0.2, 0.25) is 0 Å². The minimum atomic E-state index is -3.63. The van der Waals surface area contributed by atoms with Gasteiger partial charge in [-0.3, -0.25) is 0 Å². The van der Waals surface area contributed by atoms with Crippen molar-refractivity contribution in [3.63, 3.8) is 0 Å². The summed E-state index contributed by atoms with van der Waals surface area (Å²) in [7, 11) is -10.9. The molecule has 0 saturated carbocycles. The first-order chi connectivity index (χ1) is 5.20. The molecular formula is H3BFe2O9Si3. The molecule has 0 aliphatic rings. The van der Waals surface area contributed by atoms with Crippen molar-refractivity contribution in [2.24, 2.45) is 0 Å². The average molecular weight is 354 g/mol. The molecule has 15 heteroatoms. The molecule has 0 aromatic carbocycles. The van der Waals surface area contributed by atoms with Crippen LogP contribution < -0.4 is 28.8 Å². The predicted molar refractivity (Wildman–Crippen MR) is 29.3 cm³/mol. The van der Waals surface area contributed by atoms with Crippen LogP contribution >= 0.6 is 0 Å². The van der Waals surface area contributed by atoms with Crippen molar-refractivity contribution in [1.82, 2.24) is 0 Å². The van der Waals surface area contributed by atoms with E-state index in [1.807, 2.05) is 0 Å². The summed E-state index contributed by atoms with van der Waals surface area (Å²) in [6.07, 6.45) is 0. The fourth-order valence-corrected chi connectivity index (χ4v) is 0. The van der Waals surface area contributed by atoms with Gasteiger partial charge < -0.3 is 42.2 Å². The van der Waals surface area contributed by atoms with Gasteiger partial charge in [-0.15, -0.1) is 0 Å². The largest absolute Gasteiger partial charge is 3.00 e. The molecule has 0 aromatic heterocycles. The monoisotopic (exact) mass is 354 g/mol. The third-order valence-corrected chi connectivity index (χ3v) is 0. The van der Waals surface area contributed by atoms with Crippen LogP contribution in [0, 0.1) is 0 Å². The second-order valence-corrected chi connectivity index (χ2v) is 2.25. The van der Waals surface area contributed by atoms with E-state index in [1.165, 1.54) is 0 Å². The van der Waals surface area contributed by atoms with Crippen LogP contribution in [0.15, 0.2) is 0 Å². The molecule has 0 amide bonds. The summed E-state index contributed by atoms with van der Waals surface area (Å²) in [6.45, 7) is 0. The van der Waals surface area contributed by atoms with Gasteiger partial charge in [0.15, 0.2) is 0 Å².